The fraction of sp³-hybridized carbons (Fsp3) is 0.538. The van der Waals surface area contributed by atoms with E-state index in [9.17, 15) is 0 Å². The van der Waals surface area contributed by atoms with Gasteiger partial charge in [0.25, 0.3) is 0 Å². The first-order valence-electron chi connectivity index (χ1n) is 5.98. The van der Waals surface area contributed by atoms with Gasteiger partial charge in [0.15, 0.2) is 11.5 Å². The molecule has 1 fully saturated rings. The molecule has 1 heterocycles. The molecule has 0 unspecified atom stereocenters. The molecule has 3 nitrogen and oxygen atoms in total. The summed E-state index contributed by atoms with van der Waals surface area (Å²) in [5.74, 6) is 1.78. The fourth-order valence-corrected chi connectivity index (χ4v) is 3.60. The van der Waals surface area contributed by atoms with Gasteiger partial charge in [0.05, 0.1) is 4.90 Å². The lowest BCUT2D eigenvalue weighted by Crippen LogP contribution is -2.41. The quantitative estimate of drug-likeness (QED) is 0.838. The maximum atomic E-state index is 5.99. The van der Waals surface area contributed by atoms with Crippen LogP contribution < -0.4 is 15.2 Å². The highest BCUT2D eigenvalue weighted by atomic mass is 32.2. The average molecular weight is 251 g/mol. The predicted octanol–water partition coefficient (Wildman–Crippen LogP) is 2.52. The second kappa shape index (κ2) is 4.10. The zero-order chi connectivity index (χ0) is 11.9. The van der Waals surface area contributed by atoms with E-state index in [0.29, 0.717) is 6.79 Å². The van der Waals surface area contributed by atoms with Crippen molar-refractivity contribution in [2.24, 2.45) is 5.73 Å². The van der Waals surface area contributed by atoms with Crippen molar-refractivity contribution >= 4 is 11.8 Å². The zero-order valence-corrected chi connectivity index (χ0v) is 10.8. The van der Waals surface area contributed by atoms with Crippen molar-refractivity contribution in [3.8, 4) is 11.5 Å². The van der Waals surface area contributed by atoms with Crippen LogP contribution in [0.15, 0.2) is 17.0 Å². The average Bonchev–Trinajstić information content (AvgIpc) is 2.76. The molecular weight excluding hydrogens is 234 g/mol. The first-order chi connectivity index (χ1) is 8.30. The summed E-state index contributed by atoms with van der Waals surface area (Å²) in [5.41, 5.74) is 7.52. The van der Waals surface area contributed by atoms with Crippen LogP contribution in [0, 0.1) is 0 Å². The van der Waals surface area contributed by atoms with Crippen molar-refractivity contribution in [3.63, 3.8) is 0 Å². The molecule has 17 heavy (non-hydrogen) atoms. The molecule has 0 amide bonds. The Labute approximate surface area is 106 Å². The van der Waals surface area contributed by atoms with Gasteiger partial charge in [0.1, 0.15) is 0 Å². The van der Waals surface area contributed by atoms with Gasteiger partial charge in [-0.25, -0.2) is 0 Å². The summed E-state index contributed by atoms with van der Waals surface area (Å²) in [4.78, 5) is 1.21. The Morgan fingerprint density at radius 1 is 1.35 bits per heavy atom. The van der Waals surface area contributed by atoms with E-state index < -0.39 is 0 Å². The number of ether oxygens (including phenoxy) is 2. The lowest BCUT2D eigenvalue weighted by atomic mass is 9.64. The van der Waals surface area contributed by atoms with Crippen LogP contribution in [0.1, 0.15) is 24.8 Å². The lowest BCUT2D eigenvalue weighted by molar-refractivity contribution is 0.171. The van der Waals surface area contributed by atoms with Crippen LogP contribution in [0.5, 0.6) is 11.5 Å². The smallest absolute Gasteiger partial charge is 0.231 e. The summed E-state index contributed by atoms with van der Waals surface area (Å²) >= 11 is 1.73. The van der Waals surface area contributed by atoms with Gasteiger partial charge < -0.3 is 15.2 Å². The summed E-state index contributed by atoms with van der Waals surface area (Å²) < 4.78 is 11.0. The molecule has 2 aliphatic rings. The number of nitrogens with two attached hydrogens (primary N) is 1. The Kier molecular flexibility index (Phi) is 2.71. The normalized spacial score (nSPS) is 20.1. The molecule has 3 rings (SSSR count). The van der Waals surface area contributed by atoms with Crippen molar-refractivity contribution in [2.45, 2.75) is 29.6 Å². The van der Waals surface area contributed by atoms with Crippen molar-refractivity contribution in [1.29, 1.82) is 0 Å². The summed E-state index contributed by atoms with van der Waals surface area (Å²) in [7, 11) is 0. The molecule has 1 saturated carbocycles. The monoisotopic (exact) mass is 251 g/mol. The standard InChI is InChI=1S/C13H17NO2S/c1-17-12-9(13(7-14)5-2-6-13)3-4-10-11(12)16-8-15-10/h3-4H,2,5-8,14H2,1H3. The number of thioether (sulfide) groups is 1. The minimum atomic E-state index is 0.180. The van der Waals surface area contributed by atoms with E-state index in [1.54, 1.807) is 11.8 Å². The maximum absolute atomic E-state index is 5.99. The SMILES string of the molecule is CSc1c(C2(CN)CCC2)ccc2c1OCO2. The van der Waals surface area contributed by atoms with E-state index in [4.69, 9.17) is 15.2 Å². The molecular formula is C13H17NO2S. The van der Waals surface area contributed by atoms with Gasteiger partial charge in [-0.1, -0.05) is 12.5 Å². The first kappa shape index (κ1) is 11.2. The van der Waals surface area contributed by atoms with Crippen LogP contribution in [0.25, 0.3) is 0 Å². The van der Waals surface area contributed by atoms with E-state index >= 15 is 0 Å². The summed E-state index contributed by atoms with van der Waals surface area (Å²) in [5, 5.41) is 0. The molecule has 0 aromatic heterocycles. The number of hydrogen-bond acceptors (Lipinski definition) is 4. The van der Waals surface area contributed by atoms with Gasteiger partial charge in [-0.2, -0.15) is 0 Å². The molecule has 0 saturated heterocycles. The minimum absolute atomic E-state index is 0.180. The molecule has 4 heteroatoms. The largest absolute Gasteiger partial charge is 0.454 e. The molecule has 1 aromatic carbocycles. The van der Waals surface area contributed by atoms with Crippen LogP contribution in [-0.2, 0) is 5.41 Å². The number of rotatable bonds is 3. The topological polar surface area (TPSA) is 44.5 Å². The molecule has 0 bridgehead atoms. The molecule has 2 N–H and O–H groups in total. The third kappa shape index (κ3) is 1.54. The first-order valence-corrected chi connectivity index (χ1v) is 7.20. The van der Waals surface area contributed by atoms with Crippen LogP contribution in [0.4, 0.5) is 0 Å². The second-order valence-corrected chi connectivity index (χ2v) is 5.53. The van der Waals surface area contributed by atoms with Gasteiger partial charge in [0, 0.05) is 12.0 Å². The van der Waals surface area contributed by atoms with Crippen molar-refractivity contribution in [3.05, 3.63) is 17.7 Å². The van der Waals surface area contributed by atoms with Crippen molar-refractivity contribution in [2.75, 3.05) is 19.6 Å². The zero-order valence-electron chi connectivity index (χ0n) is 9.99. The van der Waals surface area contributed by atoms with Gasteiger partial charge in [-0.15, -0.1) is 11.8 Å². The van der Waals surface area contributed by atoms with E-state index in [2.05, 4.69) is 12.3 Å². The Bertz CT molecular complexity index is 438. The summed E-state index contributed by atoms with van der Waals surface area (Å²) in [6.45, 7) is 1.06. The lowest BCUT2D eigenvalue weighted by Gasteiger charge is -2.42. The molecule has 0 spiro atoms. The molecule has 1 aliphatic heterocycles. The summed E-state index contributed by atoms with van der Waals surface area (Å²) in [6.07, 6.45) is 5.75. The Hall–Kier alpha value is -0.870. The third-order valence-corrected chi connectivity index (χ3v) is 4.78. The van der Waals surface area contributed by atoms with Crippen LogP contribution in [-0.4, -0.2) is 19.6 Å². The highest BCUT2D eigenvalue weighted by Gasteiger charge is 2.40. The van der Waals surface area contributed by atoms with Crippen LogP contribution in [0.3, 0.4) is 0 Å². The second-order valence-electron chi connectivity index (χ2n) is 4.72. The van der Waals surface area contributed by atoms with E-state index in [0.717, 1.165) is 18.0 Å². The Morgan fingerprint density at radius 3 is 2.76 bits per heavy atom. The molecule has 0 radical (unpaired) electrons. The van der Waals surface area contributed by atoms with Gasteiger partial charge >= 0.3 is 0 Å². The van der Waals surface area contributed by atoms with Crippen molar-refractivity contribution < 1.29 is 9.47 Å². The molecule has 92 valence electrons. The van der Waals surface area contributed by atoms with Crippen LogP contribution in [0.2, 0.25) is 0 Å². The van der Waals surface area contributed by atoms with Crippen LogP contribution >= 0.6 is 11.8 Å². The highest BCUT2D eigenvalue weighted by molar-refractivity contribution is 7.98. The maximum Gasteiger partial charge on any atom is 0.231 e. The summed E-state index contributed by atoms with van der Waals surface area (Å²) in [6, 6.07) is 4.19. The minimum Gasteiger partial charge on any atom is -0.454 e. The Balaban J connectivity index is 2.11. The third-order valence-electron chi connectivity index (χ3n) is 3.97. The fourth-order valence-electron chi connectivity index (χ4n) is 2.75. The number of fused-ring (bicyclic) bond motifs is 1. The number of hydrogen-bond donors (Lipinski definition) is 1. The van der Waals surface area contributed by atoms with E-state index in [-0.39, 0.29) is 5.41 Å². The van der Waals surface area contributed by atoms with Gasteiger partial charge in [-0.05, 0) is 30.7 Å². The molecule has 1 aromatic rings. The van der Waals surface area contributed by atoms with Crippen molar-refractivity contribution in [1.82, 2.24) is 0 Å². The molecule has 1 aliphatic carbocycles. The van der Waals surface area contributed by atoms with Gasteiger partial charge in [-0.3, -0.25) is 0 Å². The number of benzene rings is 1. The highest BCUT2D eigenvalue weighted by Crippen LogP contribution is 2.51. The Morgan fingerprint density at radius 2 is 2.18 bits per heavy atom. The molecule has 0 atom stereocenters. The predicted molar refractivity (Wildman–Crippen MR) is 68.9 cm³/mol. The van der Waals surface area contributed by atoms with E-state index in [1.165, 1.54) is 29.7 Å². The van der Waals surface area contributed by atoms with E-state index in [1.807, 2.05) is 6.07 Å². The van der Waals surface area contributed by atoms with Gasteiger partial charge in [0.2, 0.25) is 6.79 Å².